The summed E-state index contributed by atoms with van der Waals surface area (Å²) in [5.41, 5.74) is 3.84. The van der Waals surface area contributed by atoms with Gasteiger partial charge in [-0.3, -0.25) is 9.36 Å². The van der Waals surface area contributed by atoms with Crippen molar-refractivity contribution in [1.82, 2.24) is 24.5 Å². The van der Waals surface area contributed by atoms with Crippen LogP contribution >= 0.6 is 0 Å². The van der Waals surface area contributed by atoms with Crippen LogP contribution in [0.5, 0.6) is 0 Å². The van der Waals surface area contributed by atoms with Gasteiger partial charge in [-0.1, -0.05) is 13.8 Å². The van der Waals surface area contributed by atoms with Crippen LogP contribution in [0.15, 0.2) is 30.5 Å². The van der Waals surface area contributed by atoms with Crippen LogP contribution in [-0.4, -0.2) is 36.2 Å². The SMILES string of the molecule is CC(C)c1ccc(C#N)c(N2CCn3nc([C@H](O)c4ccnn4C)cc3C2)n1. The molecule has 0 amide bonds. The van der Waals surface area contributed by atoms with Crippen molar-refractivity contribution in [2.45, 2.75) is 39.0 Å². The number of fused-ring (bicyclic) bond motifs is 1. The highest BCUT2D eigenvalue weighted by molar-refractivity contribution is 5.55. The third-order valence-electron chi connectivity index (χ3n) is 5.14. The molecule has 0 saturated heterocycles. The lowest BCUT2D eigenvalue weighted by atomic mass is 10.1. The normalized spacial score (nSPS) is 14.8. The number of pyridine rings is 1. The van der Waals surface area contributed by atoms with E-state index in [4.69, 9.17) is 4.98 Å². The number of rotatable bonds is 4. The number of hydrogen-bond acceptors (Lipinski definition) is 6. The van der Waals surface area contributed by atoms with Crippen molar-refractivity contribution in [2.75, 3.05) is 11.4 Å². The van der Waals surface area contributed by atoms with E-state index >= 15 is 0 Å². The molecule has 3 aromatic heterocycles. The van der Waals surface area contributed by atoms with Gasteiger partial charge in [0.2, 0.25) is 0 Å². The average molecular weight is 377 g/mol. The topological polar surface area (TPSA) is 95.8 Å². The molecule has 1 aliphatic rings. The highest BCUT2D eigenvalue weighted by Gasteiger charge is 2.25. The van der Waals surface area contributed by atoms with Gasteiger partial charge in [0.1, 0.15) is 18.0 Å². The zero-order chi connectivity index (χ0) is 19.8. The van der Waals surface area contributed by atoms with Crippen LogP contribution in [0, 0.1) is 11.3 Å². The molecule has 0 saturated carbocycles. The molecule has 1 aliphatic heterocycles. The number of aryl methyl sites for hydroxylation is 1. The molecule has 8 heteroatoms. The summed E-state index contributed by atoms with van der Waals surface area (Å²) in [4.78, 5) is 6.86. The molecule has 4 heterocycles. The second-order valence-electron chi connectivity index (χ2n) is 7.36. The third kappa shape index (κ3) is 3.14. The molecule has 3 aromatic rings. The Morgan fingerprint density at radius 2 is 2.00 bits per heavy atom. The van der Waals surface area contributed by atoms with Gasteiger partial charge in [0, 0.05) is 25.5 Å². The molecule has 4 rings (SSSR count). The summed E-state index contributed by atoms with van der Waals surface area (Å²) in [5.74, 6) is 1.01. The van der Waals surface area contributed by atoms with Crippen molar-refractivity contribution in [3.05, 3.63) is 58.8 Å². The molecule has 8 nitrogen and oxygen atoms in total. The Labute approximate surface area is 163 Å². The van der Waals surface area contributed by atoms with E-state index in [-0.39, 0.29) is 0 Å². The fourth-order valence-electron chi connectivity index (χ4n) is 3.52. The Balaban J connectivity index is 1.63. The summed E-state index contributed by atoms with van der Waals surface area (Å²) in [6.07, 6.45) is 0.837. The summed E-state index contributed by atoms with van der Waals surface area (Å²) >= 11 is 0. The Hall–Kier alpha value is -3.18. The maximum absolute atomic E-state index is 10.7. The second-order valence-corrected chi connectivity index (χ2v) is 7.36. The number of aliphatic hydroxyl groups is 1. The first-order valence-electron chi connectivity index (χ1n) is 9.36. The number of aromatic nitrogens is 5. The molecule has 0 bridgehead atoms. The van der Waals surface area contributed by atoms with E-state index in [1.165, 1.54) is 0 Å². The van der Waals surface area contributed by atoms with Crippen LogP contribution in [0.4, 0.5) is 5.82 Å². The number of hydrogen-bond donors (Lipinski definition) is 1. The van der Waals surface area contributed by atoms with Crippen LogP contribution < -0.4 is 4.90 Å². The minimum Gasteiger partial charge on any atom is -0.380 e. The average Bonchev–Trinajstić information content (AvgIpc) is 3.32. The van der Waals surface area contributed by atoms with Gasteiger partial charge in [0.05, 0.1) is 35.7 Å². The Kier molecular flexibility index (Phi) is 4.61. The zero-order valence-corrected chi connectivity index (χ0v) is 16.2. The number of nitrogens with zero attached hydrogens (tertiary/aromatic N) is 7. The van der Waals surface area contributed by atoms with Crippen molar-refractivity contribution >= 4 is 5.82 Å². The van der Waals surface area contributed by atoms with Crippen molar-refractivity contribution < 1.29 is 5.11 Å². The quantitative estimate of drug-likeness (QED) is 0.748. The van der Waals surface area contributed by atoms with Gasteiger partial charge in [-0.25, -0.2) is 4.98 Å². The maximum Gasteiger partial charge on any atom is 0.147 e. The van der Waals surface area contributed by atoms with Gasteiger partial charge in [0.25, 0.3) is 0 Å². The molecule has 28 heavy (non-hydrogen) atoms. The summed E-state index contributed by atoms with van der Waals surface area (Å²) in [7, 11) is 1.80. The first kappa shape index (κ1) is 18.2. The van der Waals surface area contributed by atoms with E-state index in [0.29, 0.717) is 42.5 Å². The first-order valence-corrected chi connectivity index (χ1v) is 9.36. The molecular weight excluding hydrogens is 354 g/mol. The summed E-state index contributed by atoms with van der Waals surface area (Å²) < 4.78 is 3.57. The lowest BCUT2D eigenvalue weighted by Crippen LogP contribution is -2.35. The molecule has 144 valence electrons. The largest absolute Gasteiger partial charge is 0.380 e. The predicted octanol–water partition coefficient (Wildman–Crippen LogP) is 2.11. The number of nitriles is 1. The summed E-state index contributed by atoms with van der Waals surface area (Å²) in [6.45, 7) is 6.16. The Morgan fingerprint density at radius 1 is 1.18 bits per heavy atom. The fourth-order valence-corrected chi connectivity index (χ4v) is 3.52. The van der Waals surface area contributed by atoms with E-state index in [9.17, 15) is 10.4 Å². The van der Waals surface area contributed by atoms with Gasteiger partial charge in [-0.2, -0.15) is 15.5 Å². The molecule has 0 unspecified atom stereocenters. The lowest BCUT2D eigenvalue weighted by molar-refractivity contribution is 0.203. The summed E-state index contributed by atoms with van der Waals surface area (Å²) in [6, 6.07) is 9.73. The minimum absolute atomic E-state index is 0.294. The molecule has 1 atom stereocenters. The second kappa shape index (κ2) is 7.09. The molecule has 0 spiro atoms. The van der Waals surface area contributed by atoms with E-state index in [0.717, 1.165) is 17.2 Å². The zero-order valence-electron chi connectivity index (χ0n) is 16.2. The Morgan fingerprint density at radius 3 is 2.68 bits per heavy atom. The van der Waals surface area contributed by atoms with E-state index in [1.807, 2.05) is 22.9 Å². The van der Waals surface area contributed by atoms with Gasteiger partial charge in [-0.05, 0) is 30.2 Å². The standard InChI is InChI=1S/C20H23N7O/c1-13(2)16-5-4-14(11-21)20(23-16)26-8-9-27-15(12-26)10-17(24-27)19(28)18-6-7-22-25(18)3/h4-7,10,13,19,28H,8-9,12H2,1-3H3/t19-/m0/s1. The van der Waals surface area contributed by atoms with Crippen LogP contribution in [0.1, 0.15) is 54.2 Å². The van der Waals surface area contributed by atoms with Gasteiger partial charge in [0.15, 0.2) is 0 Å². The maximum atomic E-state index is 10.7. The Bertz CT molecular complexity index is 1040. The van der Waals surface area contributed by atoms with Crippen molar-refractivity contribution in [3.8, 4) is 6.07 Å². The number of aliphatic hydroxyl groups excluding tert-OH is 1. The molecule has 0 radical (unpaired) electrons. The molecular formula is C20H23N7O. The van der Waals surface area contributed by atoms with Crippen LogP contribution in [0.3, 0.4) is 0 Å². The molecule has 0 aliphatic carbocycles. The fraction of sp³-hybridized carbons (Fsp3) is 0.400. The molecule has 0 aromatic carbocycles. The smallest absolute Gasteiger partial charge is 0.147 e. The highest BCUT2D eigenvalue weighted by Crippen LogP contribution is 2.27. The van der Waals surface area contributed by atoms with Crippen molar-refractivity contribution in [2.24, 2.45) is 7.05 Å². The van der Waals surface area contributed by atoms with Crippen molar-refractivity contribution in [1.29, 1.82) is 5.26 Å². The van der Waals surface area contributed by atoms with Gasteiger partial charge < -0.3 is 10.0 Å². The van der Waals surface area contributed by atoms with Crippen LogP contribution in [-0.2, 0) is 20.1 Å². The van der Waals surface area contributed by atoms with Crippen LogP contribution in [0.2, 0.25) is 0 Å². The summed E-state index contributed by atoms with van der Waals surface area (Å²) in [5, 5.41) is 28.9. The van der Waals surface area contributed by atoms with E-state index in [2.05, 4.69) is 35.0 Å². The first-order chi connectivity index (χ1) is 13.5. The van der Waals surface area contributed by atoms with E-state index in [1.54, 1.807) is 24.0 Å². The predicted molar refractivity (Wildman–Crippen MR) is 104 cm³/mol. The number of anilines is 1. The van der Waals surface area contributed by atoms with Crippen molar-refractivity contribution in [3.63, 3.8) is 0 Å². The third-order valence-corrected chi connectivity index (χ3v) is 5.14. The van der Waals surface area contributed by atoms with Gasteiger partial charge >= 0.3 is 0 Å². The van der Waals surface area contributed by atoms with E-state index < -0.39 is 6.10 Å². The highest BCUT2D eigenvalue weighted by atomic mass is 16.3. The van der Waals surface area contributed by atoms with Gasteiger partial charge in [-0.15, -0.1) is 0 Å². The molecule has 0 fully saturated rings. The lowest BCUT2D eigenvalue weighted by Gasteiger charge is -2.29. The molecule has 1 N–H and O–H groups in total. The minimum atomic E-state index is -0.823. The van der Waals surface area contributed by atoms with Crippen LogP contribution in [0.25, 0.3) is 0 Å². The monoisotopic (exact) mass is 377 g/mol.